The van der Waals surface area contributed by atoms with Crippen LogP contribution in [0.3, 0.4) is 0 Å². The fraction of sp³-hybridized carbons (Fsp3) is 0.176. The maximum absolute atomic E-state index is 12.4. The van der Waals surface area contributed by atoms with E-state index in [1.165, 1.54) is 18.5 Å². The molecule has 0 aliphatic rings. The fourth-order valence-corrected chi connectivity index (χ4v) is 3.77. The lowest BCUT2D eigenvalue weighted by Crippen LogP contribution is -2.24. The van der Waals surface area contributed by atoms with Crippen LogP contribution in [-0.4, -0.2) is 23.2 Å². The van der Waals surface area contributed by atoms with Crippen molar-refractivity contribution in [1.82, 2.24) is 19.5 Å². The molecule has 0 bridgehead atoms. The highest BCUT2D eigenvalue weighted by molar-refractivity contribution is 7.89. The van der Waals surface area contributed by atoms with Crippen molar-refractivity contribution >= 4 is 21.6 Å². The molecule has 0 saturated carbocycles. The zero-order valence-corrected chi connectivity index (χ0v) is 15.3. The minimum absolute atomic E-state index is 0.0311. The molecule has 1 N–H and O–H groups in total. The lowest BCUT2D eigenvalue weighted by atomic mass is 10.2. The second-order valence-corrected chi connectivity index (χ2v) is 7.83. The van der Waals surface area contributed by atoms with Crippen molar-refractivity contribution in [3.05, 3.63) is 70.8 Å². The molecule has 0 aliphatic carbocycles. The van der Waals surface area contributed by atoms with E-state index in [2.05, 4.69) is 14.8 Å². The molecule has 6 nitrogen and oxygen atoms in total. The van der Waals surface area contributed by atoms with E-state index in [1.807, 2.05) is 44.2 Å². The first-order chi connectivity index (χ1) is 11.9. The van der Waals surface area contributed by atoms with Crippen LogP contribution in [0.4, 0.5) is 0 Å². The molecule has 130 valence electrons. The third kappa shape index (κ3) is 3.89. The summed E-state index contributed by atoms with van der Waals surface area (Å²) < 4.78 is 29.3. The van der Waals surface area contributed by atoms with Crippen molar-refractivity contribution in [3.8, 4) is 5.69 Å². The molecule has 0 saturated heterocycles. The fourth-order valence-electron chi connectivity index (χ4n) is 2.54. The molecule has 0 radical (unpaired) electrons. The molecular formula is C17H17ClN4O2S. The number of hydrogen-bond acceptors (Lipinski definition) is 4. The van der Waals surface area contributed by atoms with Crippen LogP contribution in [0.1, 0.15) is 17.0 Å². The zero-order valence-electron chi connectivity index (χ0n) is 13.8. The van der Waals surface area contributed by atoms with E-state index in [1.54, 1.807) is 4.68 Å². The van der Waals surface area contributed by atoms with Gasteiger partial charge in [-0.2, -0.15) is 5.10 Å². The van der Waals surface area contributed by atoms with Gasteiger partial charge < -0.3 is 0 Å². The van der Waals surface area contributed by atoms with E-state index in [0.29, 0.717) is 0 Å². The Morgan fingerprint density at radius 2 is 1.92 bits per heavy atom. The third-order valence-corrected chi connectivity index (χ3v) is 5.25. The van der Waals surface area contributed by atoms with Gasteiger partial charge in [0.05, 0.1) is 16.4 Å². The van der Waals surface area contributed by atoms with Crippen LogP contribution in [-0.2, 0) is 16.6 Å². The largest absolute Gasteiger partial charge is 0.262 e. The molecule has 3 aromatic rings. The summed E-state index contributed by atoms with van der Waals surface area (Å²) in [5.74, 6) is 0. The minimum atomic E-state index is -3.71. The molecule has 0 fully saturated rings. The first-order valence-corrected chi connectivity index (χ1v) is 9.45. The van der Waals surface area contributed by atoms with Gasteiger partial charge in [0.2, 0.25) is 10.0 Å². The summed E-state index contributed by atoms with van der Waals surface area (Å²) in [7, 11) is -3.71. The molecule has 8 heteroatoms. The number of rotatable bonds is 5. The van der Waals surface area contributed by atoms with Crippen LogP contribution >= 0.6 is 11.6 Å². The van der Waals surface area contributed by atoms with Gasteiger partial charge in [-0.15, -0.1) is 0 Å². The zero-order chi connectivity index (χ0) is 18.0. The minimum Gasteiger partial charge on any atom is -0.262 e. The molecule has 0 aliphatic heterocycles. The average molecular weight is 377 g/mol. The predicted molar refractivity (Wildman–Crippen MR) is 96.3 cm³/mol. The topological polar surface area (TPSA) is 76.9 Å². The Labute approximate surface area is 151 Å². The molecule has 0 amide bonds. The summed E-state index contributed by atoms with van der Waals surface area (Å²) in [5.41, 5.74) is 3.53. The molecule has 1 aromatic carbocycles. The van der Waals surface area contributed by atoms with Crippen molar-refractivity contribution in [2.24, 2.45) is 0 Å². The van der Waals surface area contributed by atoms with Crippen molar-refractivity contribution in [3.63, 3.8) is 0 Å². The van der Waals surface area contributed by atoms with Crippen LogP contribution in [0.25, 0.3) is 5.69 Å². The highest BCUT2D eigenvalue weighted by atomic mass is 35.5. The summed E-state index contributed by atoms with van der Waals surface area (Å²) in [5, 5.41) is 4.74. The lowest BCUT2D eigenvalue weighted by Gasteiger charge is -2.12. The first-order valence-electron chi connectivity index (χ1n) is 7.58. The summed E-state index contributed by atoms with van der Waals surface area (Å²) in [6, 6.07) is 10.9. The highest BCUT2D eigenvalue weighted by Gasteiger charge is 2.16. The Morgan fingerprint density at radius 1 is 1.16 bits per heavy atom. The van der Waals surface area contributed by atoms with Crippen LogP contribution in [0.15, 0.2) is 53.7 Å². The molecule has 2 heterocycles. The van der Waals surface area contributed by atoms with E-state index >= 15 is 0 Å². The van der Waals surface area contributed by atoms with Gasteiger partial charge >= 0.3 is 0 Å². The quantitative estimate of drug-likeness (QED) is 0.742. The number of para-hydroxylation sites is 1. The van der Waals surface area contributed by atoms with Gasteiger partial charge in [-0.25, -0.2) is 17.8 Å². The van der Waals surface area contributed by atoms with E-state index in [9.17, 15) is 8.42 Å². The van der Waals surface area contributed by atoms with Gasteiger partial charge in [0.25, 0.3) is 0 Å². The maximum Gasteiger partial charge on any atom is 0.242 e. The Bertz CT molecular complexity index is 1010. The van der Waals surface area contributed by atoms with Gasteiger partial charge in [-0.05, 0) is 37.6 Å². The molecule has 0 unspecified atom stereocenters. The van der Waals surface area contributed by atoms with Crippen LogP contribution < -0.4 is 4.72 Å². The molecule has 3 rings (SSSR count). The number of sulfonamides is 1. The Morgan fingerprint density at radius 3 is 2.60 bits per heavy atom. The van der Waals surface area contributed by atoms with Crippen molar-refractivity contribution in [1.29, 1.82) is 0 Å². The SMILES string of the molecule is Cc1cc(C)n(-c2ccccc2CNS(=O)(=O)c2cncc(Cl)c2)n1. The van der Waals surface area contributed by atoms with Crippen LogP contribution in [0.2, 0.25) is 5.02 Å². The van der Waals surface area contributed by atoms with Crippen LogP contribution in [0.5, 0.6) is 0 Å². The highest BCUT2D eigenvalue weighted by Crippen LogP contribution is 2.18. The summed E-state index contributed by atoms with van der Waals surface area (Å²) in [4.78, 5) is 3.85. The number of aromatic nitrogens is 3. The van der Waals surface area contributed by atoms with Crippen LogP contribution in [0, 0.1) is 13.8 Å². The lowest BCUT2D eigenvalue weighted by molar-refractivity contribution is 0.580. The van der Waals surface area contributed by atoms with Gasteiger partial charge in [0, 0.05) is 24.6 Å². The summed E-state index contributed by atoms with van der Waals surface area (Å²) >= 11 is 5.83. The van der Waals surface area contributed by atoms with Crippen molar-refractivity contribution in [2.75, 3.05) is 0 Å². The average Bonchev–Trinajstić information content (AvgIpc) is 2.91. The number of benzene rings is 1. The molecular weight excluding hydrogens is 360 g/mol. The Balaban J connectivity index is 1.88. The van der Waals surface area contributed by atoms with Gasteiger partial charge in [-0.3, -0.25) is 4.98 Å². The second-order valence-electron chi connectivity index (χ2n) is 5.63. The molecule has 2 aromatic heterocycles. The molecule has 0 spiro atoms. The normalized spacial score (nSPS) is 11.6. The maximum atomic E-state index is 12.4. The smallest absolute Gasteiger partial charge is 0.242 e. The van der Waals surface area contributed by atoms with Crippen molar-refractivity contribution in [2.45, 2.75) is 25.3 Å². The van der Waals surface area contributed by atoms with Crippen molar-refractivity contribution < 1.29 is 8.42 Å². The van der Waals surface area contributed by atoms with Gasteiger partial charge in [-0.1, -0.05) is 29.8 Å². The van der Waals surface area contributed by atoms with Gasteiger partial charge in [0.1, 0.15) is 4.90 Å². The Hall–Kier alpha value is -2.22. The van der Waals surface area contributed by atoms with Gasteiger partial charge in [0.15, 0.2) is 0 Å². The number of nitrogens with one attached hydrogen (secondary N) is 1. The second kappa shape index (κ2) is 6.95. The number of aryl methyl sites for hydroxylation is 2. The van der Waals surface area contributed by atoms with E-state index in [-0.39, 0.29) is 16.5 Å². The number of nitrogens with zero attached hydrogens (tertiary/aromatic N) is 3. The number of pyridine rings is 1. The number of halogens is 1. The predicted octanol–water partition coefficient (Wildman–Crippen LogP) is 3.02. The monoisotopic (exact) mass is 376 g/mol. The standard InChI is InChI=1S/C17H17ClN4O2S/c1-12-7-13(2)22(21-12)17-6-4-3-5-14(17)9-20-25(23,24)16-8-15(18)10-19-11-16/h3-8,10-11,20H,9H2,1-2H3. The van der Waals surface area contributed by atoms with E-state index in [4.69, 9.17) is 11.6 Å². The molecule has 0 atom stereocenters. The number of hydrogen-bond donors (Lipinski definition) is 1. The van der Waals surface area contributed by atoms with E-state index in [0.717, 1.165) is 22.6 Å². The Kier molecular flexibility index (Phi) is 4.89. The third-order valence-electron chi connectivity index (χ3n) is 3.67. The first kappa shape index (κ1) is 17.6. The summed E-state index contributed by atoms with van der Waals surface area (Å²) in [6.45, 7) is 4.00. The van der Waals surface area contributed by atoms with E-state index < -0.39 is 10.0 Å². The summed E-state index contributed by atoms with van der Waals surface area (Å²) in [6.07, 6.45) is 2.65. The molecule has 25 heavy (non-hydrogen) atoms.